The first-order valence-electron chi connectivity index (χ1n) is 5.89. The molecule has 0 aliphatic carbocycles. The molecule has 1 atom stereocenters. The third-order valence-electron chi connectivity index (χ3n) is 2.76. The Morgan fingerprint density at radius 2 is 2.22 bits per heavy atom. The highest BCUT2D eigenvalue weighted by Crippen LogP contribution is 2.22. The highest BCUT2D eigenvalue weighted by molar-refractivity contribution is 9.10. The molecule has 1 aromatic heterocycles. The quantitative estimate of drug-likeness (QED) is 0.900. The zero-order valence-electron chi connectivity index (χ0n) is 10.1. The van der Waals surface area contributed by atoms with Crippen LogP contribution in [0.15, 0.2) is 45.7 Å². The van der Waals surface area contributed by atoms with E-state index in [-0.39, 0.29) is 11.9 Å². The number of halogens is 2. The molecule has 0 saturated heterocycles. The van der Waals surface area contributed by atoms with Gasteiger partial charge in [0.05, 0.1) is 12.5 Å². The van der Waals surface area contributed by atoms with Gasteiger partial charge in [-0.1, -0.05) is 22.9 Å². The lowest BCUT2D eigenvalue weighted by Gasteiger charge is -2.16. The average Bonchev–Trinajstić information content (AvgIpc) is 2.80. The zero-order valence-corrected chi connectivity index (χ0v) is 11.7. The molecule has 18 heavy (non-hydrogen) atoms. The number of hydrogen-bond acceptors (Lipinski definition) is 2. The Kier molecular flexibility index (Phi) is 4.55. The summed E-state index contributed by atoms with van der Waals surface area (Å²) >= 11 is 3.31. The number of benzene rings is 1. The lowest BCUT2D eigenvalue weighted by atomic mass is 10.0. The van der Waals surface area contributed by atoms with Crippen LogP contribution in [0, 0.1) is 5.82 Å². The van der Waals surface area contributed by atoms with Crippen molar-refractivity contribution >= 4 is 15.9 Å². The zero-order chi connectivity index (χ0) is 13.0. The Bertz CT molecular complexity index is 478. The number of hydrogen-bond donors (Lipinski definition) is 1. The van der Waals surface area contributed by atoms with Gasteiger partial charge < -0.3 is 9.73 Å². The van der Waals surface area contributed by atoms with E-state index in [9.17, 15) is 4.39 Å². The number of rotatable bonds is 5. The van der Waals surface area contributed by atoms with E-state index in [0.29, 0.717) is 0 Å². The molecular formula is C14H15BrFNO. The van der Waals surface area contributed by atoms with Crippen molar-refractivity contribution in [1.29, 1.82) is 0 Å². The van der Waals surface area contributed by atoms with Gasteiger partial charge in [-0.15, -0.1) is 0 Å². The van der Waals surface area contributed by atoms with E-state index in [2.05, 4.69) is 28.2 Å². The Labute approximate surface area is 114 Å². The van der Waals surface area contributed by atoms with E-state index < -0.39 is 0 Å². The summed E-state index contributed by atoms with van der Waals surface area (Å²) in [7, 11) is 0. The highest BCUT2D eigenvalue weighted by atomic mass is 79.9. The maximum Gasteiger partial charge on any atom is 0.124 e. The van der Waals surface area contributed by atoms with E-state index in [1.807, 2.05) is 12.1 Å². The van der Waals surface area contributed by atoms with Crippen LogP contribution in [0.2, 0.25) is 0 Å². The molecule has 4 heteroatoms. The predicted molar refractivity (Wildman–Crippen MR) is 72.9 cm³/mol. The van der Waals surface area contributed by atoms with E-state index in [0.717, 1.165) is 28.6 Å². The maximum absolute atomic E-state index is 13.3. The van der Waals surface area contributed by atoms with Crippen LogP contribution >= 0.6 is 15.9 Å². The second kappa shape index (κ2) is 6.16. The molecule has 2 nitrogen and oxygen atoms in total. The van der Waals surface area contributed by atoms with Crippen LogP contribution in [0.3, 0.4) is 0 Å². The number of nitrogens with one attached hydrogen (secondary N) is 1. The third-order valence-corrected chi connectivity index (χ3v) is 3.22. The normalized spacial score (nSPS) is 12.6. The molecular weight excluding hydrogens is 297 g/mol. The van der Waals surface area contributed by atoms with Crippen molar-refractivity contribution in [3.05, 3.63) is 58.2 Å². The fraction of sp³-hybridized carbons (Fsp3) is 0.286. The summed E-state index contributed by atoms with van der Waals surface area (Å²) in [6.07, 6.45) is 4.10. The SMILES string of the molecule is CCNC(Cc1cc(F)cc(Br)c1)c1ccoc1. The molecule has 96 valence electrons. The van der Waals surface area contributed by atoms with Crippen molar-refractivity contribution in [2.75, 3.05) is 6.54 Å². The lowest BCUT2D eigenvalue weighted by Crippen LogP contribution is -2.22. The Morgan fingerprint density at radius 3 is 2.83 bits per heavy atom. The van der Waals surface area contributed by atoms with Crippen LogP contribution in [0.4, 0.5) is 4.39 Å². The summed E-state index contributed by atoms with van der Waals surface area (Å²) < 4.78 is 19.2. The van der Waals surface area contributed by atoms with Gasteiger partial charge in [-0.25, -0.2) is 4.39 Å². The van der Waals surface area contributed by atoms with Crippen LogP contribution in [0.25, 0.3) is 0 Å². The van der Waals surface area contributed by atoms with Crippen molar-refractivity contribution in [3.63, 3.8) is 0 Å². The molecule has 1 N–H and O–H groups in total. The summed E-state index contributed by atoms with van der Waals surface area (Å²) in [5, 5.41) is 3.37. The molecule has 0 amide bonds. The van der Waals surface area contributed by atoms with Gasteiger partial charge in [-0.2, -0.15) is 0 Å². The molecule has 1 unspecified atom stereocenters. The van der Waals surface area contributed by atoms with Gasteiger partial charge in [0.25, 0.3) is 0 Å². The first-order valence-corrected chi connectivity index (χ1v) is 6.68. The number of likely N-dealkylation sites (N-methyl/N-ethyl adjacent to an activating group) is 1. The third kappa shape index (κ3) is 3.43. The van der Waals surface area contributed by atoms with E-state index in [4.69, 9.17) is 4.42 Å². The lowest BCUT2D eigenvalue weighted by molar-refractivity contribution is 0.523. The molecule has 0 bridgehead atoms. The van der Waals surface area contributed by atoms with Gasteiger partial charge in [0.15, 0.2) is 0 Å². The van der Waals surface area contributed by atoms with Crippen LogP contribution < -0.4 is 5.32 Å². The first kappa shape index (κ1) is 13.3. The van der Waals surface area contributed by atoms with Crippen molar-refractivity contribution in [1.82, 2.24) is 5.32 Å². The molecule has 1 aromatic carbocycles. The molecule has 2 aromatic rings. The van der Waals surface area contributed by atoms with Crippen LogP contribution in [-0.2, 0) is 6.42 Å². The molecule has 1 heterocycles. The molecule has 0 aliphatic rings. The second-order valence-electron chi connectivity index (χ2n) is 4.15. The Balaban J connectivity index is 2.18. The molecule has 0 fully saturated rings. The Morgan fingerprint density at radius 1 is 1.39 bits per heavy atom. The largest absolute Gasteiger partial charge is 0.472 e. The predicted octanol–water partition coefficient (Wildman–Crippen LogP) is 4.07. The minimum absolute atomic E-state index is 0.141. The fourth-order valence-corrected chi connectivity index (χ4v) is 2.50. The van der Waals surface area contributed by atoms with Crippen LogP contribution in [0.5, 0.6) is 0 Å². The van der Waals surface area contributed by atoms with Crippen LogP contribution in [0.1, 0.15) is 24.1 Å². The minimum Gasteiger partial charge on any atom is -0.472 e. The molecule has 0 aliphatic heterocycles. The standard InChI is InChI=1S/C14H15BrFNO/c1-2-17-14(11-3-4-18-9-11)7-10-5-12(15)8-13(16)6-10/h3-6,8-9,14,17H,2,7H2,1H3. The topological polar surface area (TPSA) is 25.2 Å². The fourth-order valence-electron chi connectivity index (χ4n) is 1.99. The smallest absolute Gasteiger partial charge is 0.124 e. The highest BCUT2D eigenvalue weighted by Gasteiger charge is 2.13. The number of furan rings is 1. The van der Waals surface area contributed by atoms with Crippen molar-refractivity contribution in [2.45, 2.75) is 19.4 Å². The summed E-state index contributed by atoms with van der Waals surface area (Å²) in [6.45, 7) is 2.90. The summed E-state index contributed by atoms with van der Waals surface area (Å²) in [6, 6.07) is 7.04. The van der Waals surface area contributed by atoms with Crippen molar-refractivity contribution in [2.24, 2.45) is 0 Å². The minimum atomic E-state index is -0.221. The summed E-state index contributed by atoms with van der Waals surface area (Å²) in [4.78, 5) is 0. The van der Waals surface area contributed by atoms with Crippen molar-refractivity contribution < 1.29 is 8.81 Å². The molecule has 2 rings (SSSR count). The van der Waals surface area contributed by atoms with Gasteiger partial charge in [0.2, 0.25) is 0 Å². The monoisotopic (exact) mass is 311 g/mol. The van der Waals surface area contributed by atoms with Gasteiger partial charge >= 0.3 is 0 Å². The average molecular weight is 312 g/mol. The summed E-state index contributed by atoms with van der Waals surface area (Å²) in [5.74, 6) is -0.221. The molecule has 0 saturated carbocycles. The molecule has 0 spiro atoms. The van der Waals surface area contributed by atoms with Gasteiger partial charge in [0.1, 0.15) is 5.82 Å². The van der Waals surface area contributed by atoms with E-state index in [1.54, 1.807) is 18.6 Å². The first-order chi connectivity index (χ1) is 8.69. The van der Waals surface area contributed by atoms with Crippen molar-refractivity contribution in [3.8, 4) is 0 Å². The maximum atomic E-state index is 13.3. The van der Waals surface area contributed by atoms with E-state index >= 15 is 0 Å². The Hall–Kier alpha value is -1.13. The summed E-state index contributed by atoms with van der Waals surface area (Å²) in [5.41, 5.74) is 2.03. The van der Waals surface area contributed by atoms with Gasteiger partial charge in [-0.3, -0.25) is 0 Å². The second-order valence-corrected chi connectivity index (χ2v) is 5.06. The van der Waals surface area contributed by atoms with Crippen LogP contribution in [-0.4, -0.2) is 6.54 Å². The van der Waals surface area contributed by atoms with Gasteiger partial charge in [0, 0.05) is 16.1 Å². The van der Waals surface area contributed by atoms with Gasteiger partial charge in [-0.05, 0) is 42.8 Å². The van der Waals surface area contributed by atoms with E-state index in [1.165, 1.54) is 6.07 Å². The molecule has 0 radical (unpaired) electrons.